The molecule has 0 bridgehead atoms. The van der Waals surface area contributed by atoms with Crippen molar-refractivity contribution in [1.29, 1.82) is 5.26 Å². The van der Waals surface area contributed by atoms with Crippen molar-refractivity contribution in [2.45, 2.75) is 6.42 Å². The second-order valence-electron chi connectivity index (χ2n) is 5.45. The smallest absolute Gasteiger partial charge is 0.253 e. The standard InChI is InChI=1S/C16H20N4O2/c1-18(2)14-5-3-13(4-6-14)16(22)20-11-9-19(10-12-20)15(21)7-8-17/h3-6H,7,9-12H2,1-2H3. The van der Waals surface area contributed by atoms with Gasteiger partial charge in [-0.05, 0) is 24.3 Å². The van der Waals surface area contributed by atoms with E-state index in [9.17, 15) is 9.59 Å². The predicted octanol–water partition coefficient (Wildman–Crippen LogP) is 0.951. The number of benzene rings is 1. The molecule has 1 saturated heterocycles. The normalized spacial score (nSPS) is 14.4. The summed E-state index contributed by atoms with van der Waals surface area (Å²) in [5.74, 6) is -0.178. The Morgan fingerprint density at radius 1 is 1.09 bits per heavy atom. The minimum absolute atomic E-state index is 0.0160. The number of nitriles is 1. The number of amides is 2. The summed E-state index contributed by atoms with van der Waals surface area (Å²) in [5, 5.41) is 8.55. The molecule has 2 rings (SSSR count). The molecule has 6 nitrogen and oxygen atoms in total. The topological polar surface area (TPSA) is 67.7 Å². The largest absolute Gasteiger partial charge is 0.378 e. The average Bonchev–Trinajstić information content (AvgIpc) is 2.54. The Morgan fingerprint density at radius 2 is 1.64 bits per heavy atom. The van der Waals surface area contributed by atoms with Gasteiger partial charge in [0.2, 0.25) is 5.91 Å². The summed E-state index contributed by atoms with van der Waals surface area (Å²) in [6, 6.07) is 9.34. The van der Waals surface area contributed by atoms with Gasteiger partial charge in [0, 0.05) is 51.5 Å². The Bertz CT molecular complexity index is 581. The molecule has 0 radical (unpaired) electrons. The van der Waals surface area contributed by atoms with Crippen LogP contribution in [-0.2, 0) is 4.79 Å². The van der Waals surface area contributed by atoms with Gasteiger partial charge in [0.05, 0.1) is 6.07 Å². The maximum absolute atomic E-state index is 12.4. The lowest BCUT2D eigenvalue weighted by Crippen LogP contribution is -2.50. The van der Waals surface area contributed by atoms with Gasteiger partial charge in [-0.25, -0.2) is 0 Å². The number of carbonyl (C=O) groups excluding carboxylic acids is 2. The first-order valence-corrected chi connectivity index (χ1v) is 7.24. The van der Waals surface area contributed by atoms with E-state index in [-0.39, 0.29) is 18.2 Å². The number of hydrogen-bond acceptors (Lipinski definition) is 4. The fourth-order valence-corrected chi connectivity index (χ4v) is 2.42. The third-order valence-electron chi connectivity index (χ3n) is 3.78. The molecule has 0 aliphatic carbocycles. The Morgan fingerprint density at radius 3 is 2.14 bits per heavy atom. The van der Waals surface area contributed by atoms with Crippen molar-refractivity contribution >= 4 is 17.5 Å². The second-order valence-corrected chi connectivity index (χ2v) is 5.45. The van der Waals surface area contributed by atoms with Crippen molar-refractivity contribution in [3.63, 3.8) is 0 Å². The highest BCUT2D eigenvalue weighted by Crippen LogP contribution is 2.15. The quantitative estimate of drug-likeness (QED) is 0.833. The van der Waals surface area contributed by atoms with E-state index in [1.165, 1.54) is 0 Å². The van der Waals surface area contributed by atoms with Gasteiger partial charge in [0.1, 0.15) is 6.42 Å². The van der Waals surface area contributed by atoms with Gasteiger partial charge < -0.3 is 14.7 Å². The van der Waals surface area contributed by atoms with E-state index in [4.69, 9.17) is 5.26 Å². The molecule has 6 heteroatoms. The average molecular weight is 300 g/mol. The van der Waals surface area contributed by atoms with Crippen LogP contribution in [0.3, 0.4) is 0 Å². The minimum atomic E-state index is -0.162. The molecular formula is C16H20N4O2. The van der Waals surface area contributed by atoms with Crippen LogP contribution >= 0.6 is 0 Å². The highest BCUT2D eigenvalue weighted by atomic mass is 16.2. The van der Waals surface area contributed by atoms with Crippen LogP contribution in [-0.4, -0.2) is 61.9 Å². The Balaban J connectivity index is 1.95. The van der Waals surface area contributed by atoms with Crippen molar-refractivity contribution in [2.75, 3.05) is 45.2 Å². The molecule has 22 heavy (non-hydrogen) atoms. The van der Waals surface area contributed by atoms with E-state index in [0.717, 1.165) is 5.69 Å². The van der Waals surface area contributed by atoms with Crippen LogP contribution in [0.4, 0.5) is 5.69 Å². The first kappa shape index (κ1) is 15.8. The molecule has 1 aliphatic heterocycles. The van der Waals surface area contributed by atoms with Crippen LogP contribution in [0.5, 0.6) is 0 Å². The number of carbonyl (C=O) groups is 2. The summed E-state index contributed by atoms with van der Waals surface area (Å²) in [5.41, 5.74) is 1.70. The molecule has 116 valence electrons. The number of piperazine rings is 1. The monoisotopic (exact) mass is 300 g/mol. The molecule has 0 aromatic heterocycles. The van der Waals surface area contributed by atoms with Crippen LogP contribution in [0.25, 0.3) is 0 Å². The second kappa shape index (κ2) is 6.94. The van der Waals surface area contributed by atoms with Crippen molar-refractivity contribution in [3.8, 4) is 6.07 Å². The van der Waals surface area contributed by atoms with Crippen molar-refractivity contribution < 1.29 is 9.59 Å². The molecule has 2 amide bonds. The summed E-state index contributed by atoms with van der Waals surface area (Å²) < 4.78 is 0. The van der Waals surface area contributed by atoms with Crippen molar-refractivity contribution in [3.05, 3.63) is 29.8 Å². The van der Waals surface area contributed by atoms with E-state index in [1.54, 1.807) is 9.80 Å². The molecule has 1 fully saturated rings. The zero-order valence-corrected chi connectivity index (χ0v) is 13.0. The molecule has 0 N–H and O–H groups in total. The van der Waals surface area contributed by atoms with Crippen LogP contribution in [0.15, 0.2) is 24.3 Å². The zero-order chi connectivity index (χ0) is 16.1. The summed E-state index contributed by atoms with van der Waals surface area (Å²) in [7, 11) is 3.91. The highest BCUT2D eigenvalue weighted by molar-refractivity contribution is 5.94. The van der Waals surface area contributed by atoms with Crippen LogP contribution in [0, 0.1) is 11.3 Å². The molecule has 0 saturated carbocycles. The third-order valence-corrected chi connectivity index (χ3v) is 3.78. The van der Waals surface area contributed by atoms with Crippen LogP contribution in [0.2, 0.25) is 0 Å². The third kappa shape index (κ3) is 3.55. The molecule has 1 aliphatic rings. The van der Waals surface area contributed by atoms with E-state index >= 15 is 0 Å². The van der Waals surface area contributed by atoms with Gasteiger partial charge in [-0.1, -0.05) is 0 Å². The summed E-state index contributed by atoms with van der Waals surface area (Å²) in [4.78, 5) is 29.5. The van der Waals surface area contributed by atoms with Gasteiger partial charge in [-0.2, -0.15) is 5.26 Å². The number of hydrogen-bond donors (Lipinski definition) is 0. The van der Waals surface area contributed by atoms with Gasteiger partial charge >= 0.3 is 0 Å². The maximum atomic E-state index is 12.4. The summed E-state index contributed by atoms with van der Waals surface area (Å²) >= 11 is 0. The molecule has 0 spiro atoms. The lowest BCUT2D eigenvalue weighted by molar-refractivity contribution is -0.131. The van der Waals surface area contributed by atoms with Crippen molar-refractivity contribution in [1.82, 2.24) is 9.80 Å². The van der Waals surface area contributed by atoms with Crippen LogP contribution < -0.4 is 4.90 Å². The highest BCUT2D eigenvalue weighted by Gasteiger charge is 2.24. The lowest BCUT2D eigenvalue weighted by Gasteiger charge is -2.34. The van der Waals surface area contributed by atoms with Gasteiger partial charge in [0.25, 0.3) is 5.91 Å². The summed E-state index contributed by atoms with van der Waals surface area (Å²) in [6.07, 6.45) is -0.0973. The molecule has 0 unspecified atom stereocenters. The van der Waals surface area contributed by atoms with E-state index in [1.807, 2.05) is 49.3 Å². The molecule has 1 aromatic rings. The van der Waals surface area contributed by atoms with Gasteiger partial charge in [0.15, 0.2) is 0 Å². The maximum Gasteiger partial charge on any atom is 0.253 e. The van der Waals surface area contributed by atoms with Crippen LogP contribution in [0.1, 0.15) is 16.8 Å². The Hall–Kier alpha value is -2.55. The molecule has 0 atom stereocenters. The first-order chi connectivity index (χ1) is 10.5. The number of nitrogens with zero attached hydrogens (tertiary/aromatic N) is 4. The number of rotatable bonds is 3. The summed E-state index contributed by atoms with van der Waals surface area (Å²) in [6.45, 7) is 1.99. The van der Waals surface area contributed by atoms with Crippen molar-refractivity contribution in [2.24, 2.45) is 0 Å². The van der Waals surface area contributed by atoms with E-state index in [0.29, 0.717) is 31.7 Å². The minimum Gasteiger partial charge on any atom is -0.378 e. The Labute approximate surface area is 130 Å². The predicted molar refractivity (Wildman–Crippen MR) is 83.5 cm³/mol. The van der Waals surface area contributed by atoms with E-state index in [2.05, 4.69) is 0 Å². The fraction of sp³-hybridized carbons (Fsp3) is 0.438. The molecule has 1 heterocycles. The molecule has 1 aromatic carbocycles. The first-order valence-electron chi connectivity index (χ1n) is 7.24. The SMILES string of the molecule is CN(C)c1ccc(C(=O)N2CCN(C(=O)CC#N)CC2)cc1. The number of anilines is 1. The zero-order valence-electron chi connectivity index (χ0n) is 13.0. The fourth-order valence-electron chi connectivity index (χ4n) is 2.42. The van der Waals surface area contributed by atoms with Gasteiger partial charge in [-0.3, -0.25) is 9.59 Å². The molecular weight excluding hydrogens is 280 g/mol. The Kier molecular flexibility index (Phi) is 4.99. The van der Waals surface area contributed by atoms with Gasteiger partial charge in [-0.15, -0.1) is 0 Å². The van der Waals surface area contributed by atoms with E-state index < -0.39 is 0 Å². The lowest BCUT2D eigenvalue weighted by atomic mass is 10.1.